The van der Waals surface area contributed by atoms with Gasteiger partial charge >= 0.3 is 12.1 Å². The molecule has 0 atom stereocenters. The molecule has 3 heterocycles. The first-order valence-electron chi connectivity index (χ1n) is 9.73. The van der Waals surface area contributed by atoms with E-state index >= 15 is 0 Å². The van der Waals surface area contributed by atoms with Gasteiger partial charge in [-0.25, -0.2) is 9.78 Å². The van der Waals surface area contributed by atoms with Gasteiger partial charge in [0.1, 0.15) is 23.7 Å². The molecule has 0 aliphatic carbocycles. The largest absolute Gasteiger partial charge is 0.491 e. The third-order valence-corrected chi connectivity index (χ3v) is 5.98. The van der Waals surface area contributed by atoms with E-state index in [1.165, 1.54) is 51.9 Å². The lowest BCUT2D eigenvalue weighted by atomic mass is 10.1. The van der Waals surface area contributed by atoms with Crippen LogP contribution in [0.3, 0.4) is 0 Å². The Kier molecular flexibility index (Phi) is 6.33. The SMILES string of the molecule is COC(=O)c1sc(-n2cnc3nc(OC)c(OC)cc32)cc1OCc1ccccc1C(F)(F)F. The van der Waals surface area contributed by atoms with Crippen molar-refractivity contribution in [2.45, 2.75) is 12.8 Å². The van der Waals surface area contributed by atoms with Crippen molar-refractivity contribution in [3.63, 3.8) is 0 Å². The lowest BCUT2D eigenvalue weighted by Crippen LogP contribution is -2.11. The van der Waals surface area contributed by atoms with E-state index in [2.05, 4.69) is 9.97 Å². The fourth-order valence-corrected chi connectivity index (χ4v) is 4.28. The van der Waals surface area contributed by atoms with Gasteiger partial charge in [-0.1, -0.05) is 18.2 Å². The van der Waals surface area contributed by atoms with Crippen LogP contribution >= 0.6 is 11.3 Å². The number of carbonyl (C=O) groups is 1. The van der Waals surface area contributed by atoms with Gasteiger partial charge in [0.2, 0.25) is 0 Å². The summed E-state index contributed by atoms with van der Waals surface area (Å²) < 4.78 is 62.6. The van der Waals surface area contributed by atoms with Crippen molar-refractivity contribution in [2.75, 3.05) is 21.3 Å². The Hall–Kier alpha value is -3.80. The van der Waals surface area contributed by atoms with E-state index in [1.54, 1.807) is 10.6 Å². The lowest BCUT2D eigenvalue weighted by Gasteiger charge is -2.13. The molecule has 0 bridgehead atoms. The Morgan fingerprint density at radius 1 is 1.09 bits per heavy atom. The van der Waals surface area contributed by atoms with E-state index in [0.29, 0.717) is 21.9 Å². The van der Waals surface area contributed by atoms with Crippen LogP contribution in [-0.4, -0.2) is 41.8 Å². The standard InChI is InChI=1S/C22H18F3N3O5S/c1-30-16-8-14-19(27-20(16)31-2)26-11-28(14)17-9-15(18(34-17)21(29)32-3)33-10-12-6-4-5-7-13(12)22(23,24)25/h4-9,11H,10H2,1-3H3. The zero-order chi connectivity index (χ0) is 24.5. The minimum absolute atomic E-state index is 0.0623. The number of thiophene rings is 1. The zero-order valence-corrected chi connectivity index (χ0v) is 19.0. The maximum Gasteiger partial charge on any atom is 0.416 e. The van der Waals surface area contributed by atoms with Gasteiger partial charge in [-0.05, 0) is 6.07 Å². The van der Waals surface area contributed by atoms with Crippen molar-refractivity contribution in [2.24, 2.45) is 0 Å². The zero-order valence-electron chi connectivity index (χ0n) is 18.2. The number of benzene rings is 1. The third-order valence-electron chi connectivity index (χ3n) is 4.88. The van der Waals surface area contributed by atoms with Crippen molar-refractivity contribution in [3.05, 3.63) is 58.7 Å². The van der Waals surface area contributed by atoms with E-state index in [9.17, 15) is 18.0 Å². The van der Waals surface area contributed by atoms with Crippen molar-refractivity contribution < 1.29 is 36.9 Å². The summed E-state index contributed by atoms with van der Waals surface area (Å²) in [6.07, 6.45) is -3.04. The van der Waals surface area contributed by atoms with E-state index in [-0.39, 0.29) is 22.1 Å². The number of carbonyl (C=O) groups excluding carboxylic acids is 1. The minimum atomic E-state index is -4.53. The Morgan fingerprint density at radius 3 is 2.53 bits per heavy atom. The first kappa shape index (κ1) is 23.4. The van der Waals surface area contributed by atoms with Crippen molar-refractivity contribution >= 4 is 28.5 Å². The van der Waals surface area contributed by atoms with Crippen LogP contribution in [0.15, 0.2) is 42.7 Å². The summed E-state index contributed by atoms with van der Waals surface area (Å²) >= 11 is 1.03. The van der Waals surface area contributed by atoms with Gasteiger partial charge in [0.05, 0.1) is 32.4 Å². The van der Waals surface area contributed by atoms with Crippen LogP contribution in [0.25, 0.3) is 16.2 Å². The molecular weight excluding hydrogens is 475 g/mol. The van der Waals surface area contributed by atoms with Crippen LogP contribution in [0.5, 0.6) is 17.4 Å². The van der Waals surface area contributed by atoms with Crippen molar-refractivity contribution in [1.82, 2.24) is 14.5 Å². The molecule has 0 saturated carbocycles. The molecule has 0 aliphatic heterocycles. The van der Waals surface area contributed by atoms with Crippen LogP contribution in [0, 0.1) is 0 Å². The highest BCUT2D eigenvalue weighted by atomic mass is 32.1. The van der Waals surface area contributed by atoms with Gasteiger partial charge in [0, 0.05) is 17.7 Å². The molecule has 0 fully saturated rings. The molecule has 4 rings (SSSR count). The molecule has 0 saturated heterocycles. The Morgan fingerprint density at radius 2 is 1.85 bits per heavy atom. The molecule has 0 amide bonds. The van der Waals surface area contributed by atoms with Gasteiger partial charge in [0.25, 0.3) is 5.88 Å². The molecule has 3 aromatic heterocycles. The smallest absolute Gasteiger partial charge is 0.416 e. The Bertz CT molecular complexity index is 1350. The van der Waals surface area contributed by atoms with Crippen LogP contribution in [-0.2, 0) is 17.5 Å². The molecule has 0 aliphatic rings. The second-order valence-electron chi connectivity index (χ2n) is 6.87. The van der Waals surface area contributed by atoms with E-state index in [4.69, 9.17) is 18.9 Å². The number of rotatable bonds is 7. The molecule has 8 nitrogen and oxygen atoms in total. The monoisotopic (exact) mass is 493 g/mol. The fraction of sp³-hybridized carbons (Fsp3) is 0.227. The van der Waals surface area contributed by atoms with E-state index in [0.717, 1.165) is 17.4 Å². The normalized spacial score (nSPS) is 11.5. The van der Waals surface area contributed by atoms with Gasteiger partial charge < -0.3 is 18.9 Å². The van der Waals surface area contributed by atoms with Gasteiger partial charge in [-0.15, -0.1) is 11.3 Å². The number of pyridine rings is 1. The minimum Gasteiger partial charge on any atom is -0.491 e. The molecule has 1 aromatic carbocycles. The average molecular weight is 493 g/mol. The first-order chi connectivity index (χ1) is 16.3. The molecule has 4 aromatic rings. The highest BCUT2D eigenvalue weighted by Gasteiger charge is 2.33. The number of imidazole rings is 1. The molecule has 0 N–H and O–H groups in total. The quantitative estimate of drug-likeness (QED) is 0.339. The summed E-state index contributed by atoms with van der Waals surface area (Å²) in [5.74, 6) is 0.0343. The number of methoxy groups -OCH3 is 3. The number of alkyl halides is 3. The number of nitrogens with zero attached hydrogens (tertiary/aromatic N) is 3. The highest BCUT2D eigenvalue weighted by molar-refractivity contribution is 7.16. The molecule has 12 heteroatoms. The van der Waals surface area contributed by atoms with Gasteiger partial charge in [-0.3, -0.25) is 4.57 Å². The summed E-state index contributed by atoms with van der Waals surface area (Å²) in [5, 5.41) is 0.510. The number of fused-ring (bicyclic) bond motifs is 1. The van der Waals surface area contributed by atoms with E-state index in [1.807, 2.05) is 0 Å². The van der Waals surface area contributed by atoms with Gasteiger partial charge in [0.15, 0.2) is 16.3 Å². The van der Waals surface area contributed by atoms with Crippen LogP contribution in [0.1, 0.15) is 20.8 Å². The number of ether oxygens (including phenoxy) is 4. The molecule has 0 spiro atoms. The number of hydrogen-bond donors (Lipinski definition) is 0. The Labute approximate surface area is 195 Å². The topological polar surface area (TPSA) is 84.7 Å². The van der Waals surface area contributed by atoms with E-state index < -0.39 is 24.3 Å². The van der Waals surface area contributed by atoms with Crippen molar-refractivity contribution in [1.29, 1.82) is 0 Å². The van der Waals surface area contributed by atoms with Gasteiger partial charge in [-0.2, -0.15) is 18.2 Å². The summed E-state index contributed by atoms with van der Waals surface area (Å²) in [5.41, 5.74) is 0.0574. The maximum absolute atomic E-state index is 13.3. The number of esters is 1. The number of halogens is 3. The molecular formula is C22H18F3N3O5S. The van der Waals surface area contributed by atoms with Crippen LogP contribution in [0.2, 0.25) is 0 Å². The predicted molar refractivity (Wildman–Crippen MR) is 117 cm³/mol. The third kappa shape index (κ3) is 4.36. The summed E-state index contributed by atoms with van der Waals surface area (Å²) in [7, 11) is 4.13. The average Bonchev–Trinajstić information content (AvgIpc) is 3.44. The molecule has 0 radical (unpaired) electrons. The second-order valence-corrected chi connectivity index (χ2v) is 7.90. The first-order valence-corrected chi connectivity index (χ1v) is 10.5. The Balaban J connectivity index is 1.73. The lowest BCUT2D eigenvalue weighted by molar-refractivity contribution is -0.138. The molecule has 34 heavy (non-hydrogen) atoms. The predicted octanol–water partition coefficient (Wildman–Crippen LogP) is 4.88. The summed E-state index contributed by atoms with van der Waals surface area (Å²) in [6, 6.07) is 8.29. The second kappa shape index (κ2) is 9.21. The fourth-order valence-electron chi connectivity index (χ4n) is 3.28. The number of aromatic nitrogens is 3. The maximum atomic E-state index is 13.3. The number of hydrogen-bond acceptors (Lipinski definition) is 8. The summed E-state index contributed by atoms with van der Waals surface area (Å²) in [4.78, 5) is 21.0. The molecule has 178 valence electrons. The molecule has 0 unspecified atom stereocenters. The highest BCUT2D eigenvalue weighted by Crippen LogP contribution is 2.37. The van der Waals surface area contributed by atoms with Crippen LogP contribution < -0.4 is 14.2 Å². The summed E-state index contributed by atoms with van der Waals surface area (Å²) in [6.45, 7) is -0.396. The van der Waals surface area contributed by atoms with Crippen molar-refractivity contribution in [3.8, 4) is 22.4 Å². The van der Waals surface area contributed by atoms with Crippen LogP contribution in [0.4, 0.5) is 13.2 Å².